The van der Waals surface area contributed by atoms with Gasteiger partial charge in [-0.25, -0.2) is 18.5 Å². The van der Waals surface area contributed by atoms with Gasteiger partial charge in [-0.1, -0.05) is 103 Å². The number of anilines is 1. The molecule has 0 saturated carbocycles. The molecular formula is C41H60FN6O9P. The zero-order valence-corrected chi connectivity index (χ0v) is 34.4. The number of nitrogens with zero attached hydrogens (tertiary/aromatic N) is 5. The molecular weight excluding hydrogens is 770 g/mol. The third kappa shape index (κ3) is 14.0. The van der Waals surface area contributed by atoms with E-state index in [9.17, 15) is 34.6 Å². The molecule has 1 saturated heterocycles. The number of nitrogens with two attached hydrogens (primary N) is 1. The molecule has 3 heterocycles. The van der Waals surface area contributed by atoms with E-state index in [1.54, 1.807) is 0 Å². The Morgan fingerprint density at radius 2 is 1.59 bits per heavy atom. The first-order valence-corrected chi connectivity index (χ1v) is 22.1. The predicted octanol–water partition coefficient (Wildman–Crippen LogP) is 7.16. The molecule has 1 aliphatic rings. The summed E-state index contributed by atoms with van der Waals surface area (Å²) in [6.45, 7) is 1.21. The van der Waals surface area contributed by atoms with E-state index in [0.717, 1.165) is 25.6 Å². The number of aliphatic hydroxyl groups excluding tert-OH is 2. The summed E-state index contributed by atoms with van der Waals surface area (Å²) in [7, 11) is -4.84. The molecule has 320 valence electrons. The molecule has 6 atom stereocenters. The number of benzene rings is 1. The summed E-state index contributed by atoms with van der Waals surface area (Å²) in [4.78, 5) is 14.5. The number of nitriles is 2. The van der Waals surface area contributed by atoms with Gasteiger partial charge in [0.1, 0.15) is 48.1 Å². The Morgan fingerprint density at radius 3 is 2.21 bits per heavy atom. The van der Waals surface area contributed by atoms with Crippen LogP contribution < -0.4 is 5.73 Å². The minimum atomic E-state index is -4.84. The van der Waals surface area contributed by atoms with Crippen LogP contribution in [0.3, 0.4) is 0 Å². The number of aromatic nitrogens is 3. The lowest BCUT2D eigenvalue weighted by Crippen LogP contribution is -2.41. The number of fused-ring (bicyclic) bond motifs is 1. The zero-order valence-electron chi connectivity index (χ0n) is 33.6. The molecule has 2 aromatic heterocycles. The van der Waals surface area contributed by atoms with Gasteiger partial charge in [-0.15, -0.1) is 0 Å². The Balaban J connectivity index is 1.20. The summed E-state index contributed by atoms with van der Waals surface area (Å²) in [5.41, 5.74) is 4.64. The van der Waals surface area contributed by atoms with E-state index < -0.39 is 56.9 Å². The van der Waals surface area contributed by atoms with E-state index in [4.69, 9.17) is 29.0 Å². The van der Waals surface area contributed by atoms with Crippen molar-refractivity contribution >= 4 is 19.2 Å². The van der Waals surface area contributed by atoms with Crippen LogP contribution in [0.1, 0.15) is 126 Å². The fourth-order valence-corrected chi connectivity index (χ4v) is 7.81. The molecule has 1 fully saturated rings. The molecule has 5 N–H and O–H groups in total. The first kappa shape index (κ1) is 47.1. The lowest BCUT2D eigenvalue weighted by atomic mass is 9.92. The Hall–Kier alpha value is -3.54. The summed E-state index contributed by atoms with van der Waals surface area (Å²) in [5, 5.41) is 45.4. The molecule has 2 unspecified atom stereocenters. The number of hydrogen-bond acceptors (Lipinski definition) is 13. The fourth-order valence-electron chi connectivity index (χ4n) is 7.04. The van der Waals surface area contributed by atoms with Crippen LogP contribution in [-0.2, 0) is 40.0 Å². The molecule has 0 aliphatic carbocycles. The van der Waals surface area contributed by atoms with Crippen molar-refractivity contribution in [2.24, 2.45) is 0 Å². The Bertz CT molecular complexity index is 1820. The van der Waals surface area contributed by atoms with E-state index in [1.165, 1.54) is 118 Å². The maximum absolute atomic E-state index is 14.0. The molecule has 0 amide bonds. The summed E-state index contributed by atoms with van der Waals surface area (Å²) in [5.74, 6) is -0.446. The van der Waals surface area contributed by atoms with E-state index in [2.05, 4.69) is 17.0 Å². The molecule has 0 radical (unpaired) electrons. The SMILES string of the molecule is CCCCCCCCCCCCCCCCCCOC[C@H](COP(=O)(O)OC[C@H]1OC(C#N)(c2ccc3c(N)ncnn23)[C@H](O)[C@@H]1O)OCc1cc(F)ccc1C#N. The van der Waals surface area contributed by atoms with Crippen LogP contribution in [0.15, 0.2) is 36.7 Å². The normalized spacial score (nSPS) is 20.8. The number of nitrogen functional groups attached to an aromatic ring is 1. The summed E-state index contributed by atoms with van der Waals surface area (Å²) in [6.07, 6.45) is 15.3. The second-order valence-corrected chi connectivity index (χ2v) is 16.3. The quantitative estimate of drug-likeness (QED) is 0.0402. The Labute approximate surface area is 340 Å². The van der Waals surface area contributed by atoms with E-state index in [-0.39, 0.29) is 35.9 Å². The second kappa shape index (κ2) is 24.5. The highest BCUT2D eigenvalue weighted by molar-refractivity contribution is 7.47. The van der Waals surface area contributed by atoms with Crippen molar-refractivity contribution in [3.8, 4) is 12.1 Å². The van der Waals surface area contributed by atoms with Crippen molar-refractivity contribution in [1.29, 1.82) is 10.5 Å². The lowest BCUT2D eigenvalue weighted by molar-refractivity contribution is -0.0690. The molecule has 58 heavy (non-hydrogen) atoms. The average Bonchev–Trinajstić information content (AvgIpc) is 3.76. The number of rotatable bonds is 29. The number of halogens is 1. The zero-order chi connectivity index (χ0) is 41.8. The summed E-state index contributed by atoms with van der Waals surface area (Å²) in [6, 6.07) is 10.5. The van der Waals surface area contributed by atoms with Crippen LogP contribution in [0.5, 0.6) is 0 Å². The minimum absolute atomic E-state index is 0.0311. The molecule has 1 aromatic carbocycles. The highest BCUT2D eigenvalue weighted by Gasteiger charge is 2.58. The van der Waals surface area contributed by atoms with Crippen LogP contribution in [0, 0.1) is 28.5 Å². The number of aliphatic hydroxyl groups is 2. The van der Waals surface area contributed by atoms with E-state index in [1.807, 2.05) is 12.1 Å². The molecule has 17 heteroatoms. The van der Waals surface area contributed by atoms with Gasteiger partial charge in [-0.05, 0) is 42.3 Å². The van der Waals surface area contributed by atoms with Gasteiger partial charge in [-0.2, -0.15) is 15.6 Å². The maximum Gasteiger partial charge on any atom is 0.472 e. The Morgan fingerprint density at radius 1 is 0.948 bits per heavy atom. The van der Waals surface area contributed by atoms with Crippen molar-refractivity contribution in [1.82, 2.24) is 14.6 Å². The third-order valence-corrected chi connectivity index (χ3v) is 11.4. The minimum Gasteiger partial charge on any atom is -0.387 e. The van der Waals surface area contributed by atoms with Gasteiger partial charge in [0, 0.05) is 6.61 Å². The highest BCUT2D eigenvalue weighted by atomic mass is 31.2. The lowest BCUT2D eigenvalue weighted by Gasteiger charge is -2.24. The van der Waals surface area contributed by atoms with Crippen LogP contribution in [0.25, 0.3) is 5.52 Å². The van der Waals surface area contributed by atoms with Crippen molar-refractivity contribution < 1.29 is 47.3 Å². The molecule has 4 rings (SSSR count). The molecule has 1 aliphatic heterocycles. The molecule has 0 bridgehead atoms. The van der Waals surface area contributed by atoms with Gasteiger partial charge in [0.2, 0.25) is 5.60 Å². The number of phosphoric ester groups is 1. The van der Waals surface area contributed by atoms with Crippen LogP contribution >= 0.6 is 7.82 Å². The predicted molar refractivity (Wildman–Crippen MR) is 213 cm³/mol. The van der Waals surface area contributed by atoms with Crippen LogP contribution in [-0.4, -0.2) is 80.5 Å². The van der Waals surface area contributed by atoms with Gasteiger partial charge in [0.05, 0.1) is 43.8 Å². The van der Waals surface area contributed by atoms with Crippen molar-refractivity contribution in [3.05, 3.63) is 59.3 Å². The molecule has 0 spiro atoms. The second-order valence-electron chi connectivity index (χ2n) is 14.9. The monoisotopic (exact) mass is 830 g/mol. The topological polar surface area (TPSA) is 228 Å². The van der Waals surface area contributed by atoms with Crippen molar-refractivity contribution in [2.75, 3.05) is 32.2 Å². The van der Waals surface area contributed by atoms with E-state index >= 15 is 0 Å². The number of phosphoric acid groups is 1. The van der Waals surface area contributed by atoms with Gasteiger partial charge in [-0.3, -0.25) is 9.05 Å². The maximum atomic E-state index is 14.0. The van der Waals surface area contributed by atoms with Crippen LogP contribution in [0.2, 0.25) is 0 Å². The highest BCUT2D eigenvalue weighted by Crippen LogP contribution is 2.46. The largest absolute Gasteiger partial charge is 0.472 e. The standard InChI is InChI=1S/C41H60FN6O9P/c1-2-3-4-5-6-7-8-9-10-11-12-13-14-15-16-17-22-53-26-34(54-25-32-23-33(42)19-18-31(32)24-43)27-55-58(51,52)56-28-36-38(49)39(50)41(29-44,57-36)37-21-20-35-40(45)46-30-47-48(35)37/h18-21,23,30,34,36,38-39,49-50H,2-17,22,25-28H2,1H3,(H,51,52)(H2,45,46,47)/t34-,36-,38-,39-,41?/m1/s1. The number of ether oxygens (including phenoxy) is 3. The first-order valence-electron chi connectivity index (χ1n) is 20.6. The van der Waals surface area contributed by atoms with E-state index in [0.29, 0.717) is 12.1 Å². The third-order valence-electron chi connectivity index (χ3n) is 10.4. The molecule has 15 nitrogen and oxygen atoms in total. The van der Waals surface area contributed by atoms with Crippen molar-refractivity contribution in [2.45, 2.75) is 146 Å². The van der Waals surface area contributed by atoms with Gasteiger partial charge in [0.25, 0.3) is 0 Å². The number of hydrogen-bond donors (Lipinski definition) is 4. The van der Waals surface area contributed by atoms with Crippen molar-refractivity contribution in [3.63, 3.8) is 0 Å². The fraction of sp³-hybridized carbons (Fsp3) is 0.659. The Kier molecular flexibility index (Phi) is 19.9. The number of unbranched alkanes of at least 4 members (excludes halogenated alkanes) is 15. The van der Waals surface area contributed by atoms with Gasteiger partial charge >= 0.3 is 7.82 Å². The van der Waals surface area contributed by atoms with Gasteiger partial charge in [0.15, 0.2) is 5.82 Å². The summed E-state index contributed by atoms with van der Waals surface area (Å²) < 4.78 is 56.1. The van der Waals surface area contributed by atoms with Crippen LogP contribution in [0.4, 0.5) is 10.2 Å². The van der Waals surface area contributed by atoms with Gasteiger partial charge < -0.3 is 35.1 Å². The smallest absolute Gasteiger partial charge is 0.387 e. The summed E-state index contributed by atoms with van der Waals surface area (Å²) >= 11 is 0. The first-order chi connectivity index (χ1) is 28.0. The molecule has 3 aromatic rings. The average molecular weight is 831 g/mol.